The minimum Gasteiger partial charge on any atom is -1.00 e. The van der Waals surface area contributed by atoms with Crippen LogP contribution in [0.4, 0.5) is 0 Å². The maximum Gasteiger partial charge on any atom is 0.307 e. The van der Waals surface area contributed by atoms with Crippen LogP contribution in [-0.4, -0.2) is 23.4 Å². The van der Waals surface area contributed by atoms with Gasteiger partial charge in [-0.3, -0.25) is 4.79 Å². The molecule has 0 aliphatic carbocycles. The van der Waals surface area contributed by atoms with Gasteiger partial charge in [0, 0.05) is 0 Å². The van der Waals surface area contributed by atoms with E-state index in [1.165, 1.54) is 5.30 Å². The van der Waals surface area contributed by atoms with Crippen LogP contribution in [0.3, 0.4) is 0 Å². The van der Waals surface area contributed by atoms with Crippen LogP contribution >= 0.6 is 7.26 Å². The largest absolute Gasteiger partial charge is 1.00 e. The highest BCUT2D eigenvalue weighted by atomic mass is 127. The summed E-state index contributed by atoms with van der Waals surface area (Å²) in [5.74, 6) is -0.712. The fourth-order valence-electron chi connectivity index (χ4n) is 3.35. The molecule has 2 rings (SSSR count). The van der Waals surface area contributed by atoms with E-state index < -0.39 is 13.2 Å². The molecule has 2 aromatic rings. The highest BCUT2D eigenvalue weighted by Gasteiger charge is 2.46. The van der Waals surface area contributed by atoms with E-state index in [9.17, 15) is 9.90 Å². The number of hydrogen-bond donors (Lipinski definition) is 1. The molecule has 0 aliphatic rings. The van der Waals surface area contributed by atoms with Crippen LogP contribution in [0, 0.1) is 0 Å². The SMILES string of the molecule is CC[P+](CC)(c1ccccc1)C(CC(=O)O)c1ccccc1.[I-]. The maximum absolute atomic E-state index is 11.5. The van der Waals surface area contributed by atoms with Crippen LogP contribution in [0.2, 0.25) is 0 Å². The van der Waals surface area contributed by atoms with E-state index in [0.29, 0.717) is 0 Å². The zero-order valence-electron chi connectivity index (χ0n) is 13.7. The number of carboxylic acids is 1. The van der Waals surface area contributed by atoms with E-state index in [-0.39, 0.29) is 36.1 Å². The average molecular weight is 442 g/mol. The summed E-state index contributed by atoms with van der Waals surface area (Å²) in [5, 5.41) is 10.8. The highest BCUT2D eigenvalue weighted by molar-refractivity contribution is 7.83. The Balaban J connectivity index is 0.00000264. The number of halogens is 1. The molecule has 23 heavy (non-hydrogen) atoms. The third-order valence-corrected chi connectivity index (χ3v) is 9.81. The molecular formula is C19H24IO2P. The van der Waals surface area contributed by atoms with Crippen molar-refractivity contribution in [2.24, 2.45) is 0 Å². The van der Waals surface area contributed by atoms with Gasteiger partial charge in [0.25, 0.3) is 0 Å². The van der Waals surface area contributed by atoms with E-state index in [0.717, 1.165) is 17.9 Å². The van der Waals surface area contributed by atoms with Crippen molar-refractivity contribution in [3.63, 3.8) is 0 Å². The molecule has 0 heterocycles. The van der Waals surface area contributed by atoms with E-state index in [2.05, 4.69) is 50.2 Å². The number of benzene rings is 2. The van der Waals surface area contributed by atoms with Gasteiger partial charge in [0.1, 0.15) is 5.66 Å². The van der Waals surface area contributed by atoms with Gasteiger partial charge in [-0.25, -0.2) is 0 Å². The van der Waals surface area contributed by atoms with Crippen molar-refractivity contribution < 1.29 is 33.9 Å². The summed E-state index contributed by atoms with van der Waals surface area (Å²) in [6.45, 7) is 4.42. The Morgan fingerprint density at radius 2 is 1.43 bits per heavy atom. The molecule has 0 saturated carbocycles. The first kappa shape index (κ1) is 20.1. The summed E-state index contributed by atoms with van der Waals surface area (Å²) in [7, 11) is -1.58. The van der Waals surface area contributed by atoms with Crippen molar-refractivity contribution in [1.82, 2.24) is 0 Å². The van der Waals surface area contributed by atoms with Gasteiger partial charge in [-0.1, -0.05) is 48.5 Å². The lowest BCUT2D eigenvalue weighted by Crippen LogP contribution is -3.00. The maximum atomic E-state index is 11.5. The van der Waals surface area contributed by atoms with Crippen LogP contribution in [0.5, 0.6) is 0 Å². The molecular weight excluding hydrogens is 418 g/mol. The Labute approximate surface area is 156 Å². The van der Waals surface area contributed by atoms with E-state index in [4.69, 9.17) is 0 Å². The quantitative estimate of drug-likeness (QED) is 0.523. The van der Waals surface area contributed by atoms with Crippen molar-refractivity contribution in [3.05, 3.63) is 66.2 Å². The Bertz CT molecular complexity index is 597. The fourth-order valence-corrected chi connectivity index (χ4v) is 7.79. The molecule has 4 heteroatoms. The Morgan fingerprint density at radius 1 is 0.957 bits per heavy atom. The zero-order valence-corrected chi connectivity index (χ0v) is 16.7. The Hall–Kier alpha value is -0.930. The summed E-state index contributed by atoms with van der Waals surface area (Å²) in [5.41, 5.74) is 1.24. The molecule has 0 amide bonds. The molecule has 0 aliphatic heterocycles. The predicted octanol–water partition coefficient (Wildman–Crippen LogP) is 1.59. The van der Waals surface area contributed by atoms with Gasteiger partial charge in [0.05, 0.1) is 31.3 Å². The molecule has 0 saturated heterocycles. The van der Waals surface area contributed by atoms with Crippen LogP contribution in [0.1, 0.15) is 31.5 Å². The molecule has 1 atom stereocenters. The van der Waals surface area contributed by atoms with Gasteiger partial charge < -0.3 is 29.1 Å². The number of aliphatic carboxylic acids is 1. The first-order valence-corrected chi connectivity index (χ1v) is 10.1. The topological polar surface area (TPSA) is 37.3 Å². The summed E-state index contributed by atoms with van der Waals surface area (Å²) < 4.78 is 0. The summed E-state index contributed by atoms with van der Waals surface area (Å²) in [6, 6.07) is 20.7. The van der Waals surface area contributed by atoms with Crippen molar-refractivity contribution >= 4 is 18.5 Å². The third-order valence-electron chi connectivity index (χ3n) is 4.55. The molecule has 2 aromatic carbocycles. The second-order valence-electron chi connectivity index (χ2n) is 5.53. The summed E-state index contributed by atoms with van der Waals surface area (Å²) in [4.78, 5) is 11.5. The van der Waals surface area contributed by atoms with Crippen LogP contribution in [-0.2, 0) is 4.79 Å². The second-order valence-corrected chi connectivity index (χ2v) is 10.00. The van der Waals surface area contributed by atoms with E-state index in [1.807, 2.05) is 24.3 Å². The van der Waals surface area contributed by atoms with Crippen LogP contribution < -0.4 is 29.3 Å². The minimum absolute atomic E-state index is 0. The first-order chi connectivity index (χ1) is 10.6. The monoisotopic (exact) mass is 442 g/mol. The van der Waals surface area contributed by atoms with Crippen molar-refractivity contribution in [1.29, 1.82) is 0 Å². The van der Waals surface area contributed by atoms with Gasteiger partial charge >= 0.3 is 5.97 Å². The number of rotatable bonds is 7. The second kappa shape index (κ2) is 9.39. The normalized spacial score (nSPS) is 12.3. The van der Waals surface area contributed by atoms with Crippen molar-refractivity contribution in [3.8, 4) is 0 Å². The predicted molar refractivity (Wildman–Crippen MR) is 95.5 cm³/mol. The summed E-state index contributed by atoms with van der Waals surface area (Å²) in [6.07, 6.45) is 2.26. The van der Waals surface area contributed by atoms with Gasteiger partial charge in [-0.05, 0) is 31.5 Å². The Kier molecular flexibility index (Phi) is 8.21. The molecule has 2 nitrogen and oxygen atoms in total. The van der Waals surface area contributed by atoms with E-state index >= 15 is 0 Å². The molecule has 1 unspecified atom stereocenters. The van der Waals surface area contributed by atoms with E-state index in [1.54, 1.807) is 0 Å². The van der Waals surface area contributed by atoms with Crippen molar-refractivity contribution in [2.75, 3.05) is 12.3 Å². The van der Waals surface area contributed by atoms with Gasteiger partial charge in [-0.2, -0.15) is 0 Å². The third kappa shape index (κ3) is 4.54. The number of carboxylic acid groups (broad SMARTS) is 1. The lowest BCUT2D eigenvalue weighted by atomic mass is 10.1. The molecule has 0 fully saturated rings. The van der Waals surface area contributed by atoms with Crippen molar-refractivity contribution in [2.45, 2.75) is 25.9 Å². The Morgan fingerprint density at radius 3 is 1.87 bits per heavy atom. The highest BCUT2D eigenvalue weighted by Crippen LogP contribution is 2.69. The molecule has 124 valence electrons. The molecule has 0 radical (unpaired) electrons. The molecule has 0 aromatic heterocycles. The average Bonchev–Trinajstić information content (AvgIpc) is 2.57. The fraction of sp³-hybridized carbons (Fsp3) is 0.316. The first-order valence-electron chi connectivity index (χ1n) is 7.83. The number of hydrogen-bond acceptors (Lipinski definition) is 1. The van der Waals surface area contributed by atoms with Gasteiger partial charge in [0.2, 0.25) is 0 Å². The van der Waals surface area contributed by atoms with Crippen LogP contribution in [0.15, 0.2) is 60.7 Å². The lowest BCUT2D eigenvalue weighted by Gasteiger charge is -2.33. The van der Waals surface area contributed by atoms with Gasteiger partial charge in [0.15, 0.2) is 0 Å². The number of carbonyl (C=O) groups is 1. The lowest BCUT2D eigenvalue weighted by molar-refractivity contribution is -0.137. The zero-order chi connectivity index (χ0) is 16.0. The molecule has 0 bridgehead atoms. The van der Waals surface area contributed by atoms with Crippen LogP contribution in [0.25, 0.3) is 0 Å². The molecule has 0 spiro atoms. The minimum atomic E-state index is -1.58. The molecule has 1 N–H and O–H groups in total. The smallest absolute Gasteiger partial charge is 0.307 e. The summed E-state index contributed by atoms with van der Waals surface area (Å²) >= 11 is 0. The standard InChI is InChI=1S/C19H23O2P.HI/c1-3-22(4-2,17-13-9-6-10-14-17)18(15-19(20)21)16-11-7-5-8-12-16;/h5-14,18H,3-4,15H2,1-2H3;1H. The van der Waals surface area contributed by atoms with Gasteiger partial charge in [-0.15, -0.1) is 0 Å².